The Balaban J connectivity index is 1.39. The van der Waals surface area contributed by atoms with Gasteiger partial charge in [0.25, 0.3) is 0 Å². The van der Waals surface area contributed by atoms with Crippen LogP contribution in [0.2, 0.25) is 5.02 Å². The van der Waals surface area contributed by atoms with Crippen molar-refractivity contribution in [3.63, 3.8) is 0 Å². The second kappa shape index (κ2) is 9.63. The molecule has 1 heterocycles. The number of amides is 1. The summed E-state index contributed by atoms with van der Waals surface area (Å²) in [4.78, 5) is 12.6. The minimum atomic E-state index is -0.313. The van der Waals surface area contributed by atoms with Gasteiger partial charge in [-0.1, -0.05) is 59.8 Å². The fourth-order valence-corrected chi connectivity index (χ4v) is 4.24. The van der Waals surface area contributed by atoms with Crippen LogP contribution < -0.4 is 10.1 Å². The Hall–Kier alpha value is -3.03. The molecular formula is C24H23ClN4O2S. The van der Waals surface area contributed by atoms with Gasteiger partial charge >= 0.3 is 0 Å². The Morgan fingerprint density at radius 1 is 1.16 bits per heavy atom. The van der Waals surface area contributed by atoms with Gasteiger partial charge in [-0.2, -0.15) is 0 Å². The molecule has 6 nitrogen and oxygen atoms in total. The summed E-state index contributed by atoms with van der Waals surface area (Å²) in [7, 11) is 1.87. The van der Waals surface area contributed by atoms with Crippen molar-refractivity contribution in [2.24, 2.45) is 7.05 Å². The zero-order valence-electron chi connectivity index (χ0n) is 18.0. The van der Waals surface area contributed by atoms with E-state index >= 15 is 0 Å². The summed E-state index contributed by atoms with van der Waals surface area (Å²) in [5, 5.41) is 14.9. The Labute approximate surface area is 195 Å². The first-order valence-corrected chi connectivity index (χ1v) is 11.5. The van der Waals surface area contributed by atoms with Crippen LogP contribution in [0, 0.1) is 6.92 Å². The van der Waals surface area contributed by atoms with Gasteiger partial charge in [0.2, 0.25) is 5.91 Å². The quantitative estimate of drug-likeness (QED) is 0.348. The van der Waals surface area contributed by atoms with Gasteiger partial charge in [0.1, 0.15) is 5.75 Å². The number of fused-ring (bicyclic) bond motifs is 1. The summed E-state index contributed by atoms with van der Waals surface area (Å²) < 4.78 is 7.86. The van der Waals surface area contributed by atoms with E-state index in [1.807, 2.05) is 86.1 Å². The highest BCUT2D eigenvalue weighted by Gasteiger charge is 2.18. The largest absolute Gasteiger partial charge is 0.483 e. The molecule has 32 heavy (non-hydrogen) atoms. The first-order valence-electron chi connectivity index (χ1n) is 10.1. The van der Waals surface area contributed by atoms with Crippen molar-refractivity contribution in [3.8, 4) is 5.75 Å². The average molecular weight is 467 g/mol. The topological polar surface area (TPSA) is 69.0 Å². The molecule has 1 unspecified atom stereocenters. The zero-order valence-corrected chi connectivity index (χ0v) is 19.6. The number of nitrogens with zero attached hydrogens (tertiary/aromatic N) is 3. The number of ether oxygens (including phenoxy) is 1. The van der Waals surface area contributed by atoms with Gasteiger partial charge in [-0.3, -0.25) is 4.79 Å². The van der Waals surface area contributed by atoms with Crippen LogP contribution in [0.3, 0.4) is 0 Å². The molecule has 164 valence electrons. The summed E-state index contributed by atoms with van der Waals surface area (Å²) in [6.07, 6.45) is -0.313. The highest BCUT2D eigenvalue weighted by molar-refractivity contribution is 7.99. The number of nitrogens with one attached hydrogen (secondary N) is 1. The number of aromatic nitrogens is 3. The molecule has 0 bridgehead atoms. The van der Waals surface area contributed by atoms with E-state index in [0.717, 1.165) is 22.0 Å². The van der Waals surface area contributed by atoms with Crippen molar-refractivity contribution in [2.75, 3.05) is 11.1 Å². The first kappa shape index (κ1) is 22.2. The molecule has 0 spiro atoms. The van der Waals surface area contributed by atoms with Gasteiger partial charge in [0, 0.05) is 23.1 Å². The summed E-state index contributed by atoms with van der Waals surface area (Å²) in [6.45, 7) is 3.84. The third-order valence-electron chi connectivity index (χ3n) is 5.07. The number of benzene rings is 3. The number of halogens is 1. The molecule has 0 radical (unpaired) electrons. The lowest BCUT2D eigenvalue weighted by molar-refractivity contribution is -0.113. The van der Waals surface area contributed by atoms with E-state index < -0.39 is 0 Å². The number of aryl methyl sites for hydroxylation is 1. The monoisotopic (exact) mass is 466 g/mol. The summed E-state index contributed by atoms with van der Waals surface area (Å²) >= 11 is 7.42. The van der Waals surface area contributed by atoms with E-state index in [1.165, 1.54) is 11.8 Å². The summed E-state index contributed by atoms with van der Waals surface area (Å²) in [5.41, 5.74) is 1.75. The van der Waals surface area contributed by atoms with E-state index in [9.17, 15) is 4.79 Å². The predicted octanol–water partition coefficient (Wildman–Crippen LogP) is 5.80. The summed E-state index contributed by atoms with van der Waals surface area (Å²) in [5.74, 6) is 1.51. The minimum absolute atomic E-state index is 0.100. The number of hydrogen-bond acceptors (Lipinski definition) is 5. The molecule has 0 aliphatic rings. The Bertz CT molecular complexity index is 1270. The van der Waals surface area contributed by atoms with Gasteiger partial charge in [-0.15, -0.1) is 10.2 Å². The lowest BCUT2D eigenvalue weighted by Gasteiger charge is -2.15. The molecule has 1 aromatic heterocycles. The lowest BCUT2D eigenvalue weighted by atomic mass is 10.1. The van der Waals surface area contributed by atoms with Crippen LogP contribution >= 0.6 is 23.4 Å². The van der Waals surface area contributed by atoms with Crippen LogP contribution in [0.5, 0.6) is 5.75 Å². The van der Waals surface area contributed by atoms with Crippen molar-refractivity contribution < 1.29 is 9.53 Å². The molecule has 1 N–H and O–H groups in total. The zero-order chi connectivity index (χ0) is 22.7. The molecule has 1 amide bonds. The van der Waals surface area contributed by atoms with E-state index in [0.29, 0.717) is 21.8 Å². The normalized spacial score (nSPS) is 12.0. The number of carbonyl (C=O) groups is 1. The third-order valence-corrected chi connectivity index (χ3v) is 6.51. The minimum Gasteiger partial charge on any atom is -0.483 e. The van der Waals surface area contributed by atoms with E-state index in [-0.39, 0.29) is 17.8 Å². The van der Waals surface area contributed by atoms with E-state index in [2.05, 4.69) is 15.5 Å². The van der Waals surface area contributed by atoms with Crippen LogP contribution in [0.15, 0.2) is 65.8 Å². The molecule has 0 saturated heterocycles. The maximum absolute atomic E-state index is 12.6. The van der Waals surface area contributed by atoms with Crippen LogP contribution in [-0.4, -0.2) is 26.4 Å². The Morgan fingerprint density at radius 2 is 1.94 bits per heavy atom. The molecule has 0 saturated carbocycles. The molecule has 0 fully saturated rings. The number of carbonyl (C=O) groups excluding carboxylic acids is 1. The van der Waals surface area contributed by atoms with Crippen molar-refractivity contribution in [3.05, 3.63) is 77.1 Å². The fraction of sp³-hybridized carbons (Fsp3) is 0.208. The van der Waals surface area contributed by atoms with Gasteiger partial charge in [0.15, 0.2) is 17.1 Å². The summed E-state index contributed by atoms with van der Waals surface area (Å²) in [6, 6.07) is 19.4. The maximum atomic E-state index is 12.6. The molecule has 4 rings (SSSR count). The SMILES string of the molecule is Cc1cc(OC(C)c2nnc(SCC(=O)Nc3cccc4ccccc34)n2C)ccc1Cl. The number of rotatable bonds is 7. The van der Waals surface area contributed by atoms with E-state index in [1.54, 1.807) is 0 Å². The van der Waals surface area contributed by atoms with Crippen molar-refractivity contribution in [2.45, 2.75) is 25.1 Å². The van der Waals surface area contributed by atoms with Crippen molar-refractivity contribution in [1.82, 2.24) is 14.8 Å². The Kier molecular flexibility index (Phi) is 6.67. The van der Waals surface area contributed by atoms with Gasteiger partial charge in [0.05, 0.1) is 5.75 Å². The average Bonchev–Trinajstić information content (AvgIpc) is 3.15. The highest BCUT2D eigenvalue weighted by Crippen LogP contribution is 2.27. The standard InChI is InChI=1S/C24H23ClN4O2S/c1-15-13-18(11-12-20(15)25)31-16(2)23-27-28-24(29(23)3)32-14-22(30)26-21-10-6-8-17-7-4-5-9-19(17)21/h4-13,16H,14H2,1-3H3,(H,26,30). The van der Waals surface area contributed by atoms with E-state index in [4.69, 9.17) is 16.3 Å². The maximum Gasteiger partial charge on any atom is 0.234 e. The fourth-order valence-electron chi connectivity index (χ4n) is 3.40. The molecule has 0 aliphatic heterocycles. The van der Waals surface area contributed by atoms with Gasteiger partial charge in [-0.05, 0) is 49.1 Å². The van der Waals surface area contributed by atoms with Gasteiger partial charge in [-0.25, -0.2) is 0 Å². The van der Waals surface area contributed by atoms with Crippen molar-refractivity contribution >= 4 is 45.7 Å². The lowest BCUT2D eigenvalue weighted by Crippen LogP contribution is -2.15. The van der Waals surface area contributed by atoms with Crippen LogP contribution in [0.1, 0.15) is 24.4 Å². The van der Waals surface area contributed by atoms with Crippen LogP contribution in [-0.2, 0) is 11.8 Å². The molecule has 0 aliphatic carbocycles. The number of hydrogen-bond donors (Lipinski definition) is 1. The van der Waals surface area contributed by atoms with Crippen molar-refractivity contribution in [1.29, 1.82) is 0 Å². The number of thioether (sulfide) groups is 1. The highest BCUT2D eigenvalue weighted by atomic mass is 35.5. The second-order valence-electron chi connectivity index (χ2n) is 7.43. The first-order chi connectivity index (χ1) is 15.4. The van der Waals surface area contributed by atoms with Crippen LogP contribution in [0.25, 0.3) is 10.8 Å². The Morgan fingerprint density at radius 3 is 2.75 bits per heavy atom. The molecule has 3 aromatic carbocycles. The van der Waals surface area contributed by atoms with Gasteiger partial charge < -0.3 is 14.6 Å². The second-order valence-corrected chi connectivity index (χ2v) is 8.78. The predicted molar refractivity (Wildman–Crippen MR) is 130 cm³/mol. The smallest absolute Gasteiger partial charge is 0.234 e. The number of anilines is 1. The molecule has 1 atom stereocenters. The van der Waals surface area contributed by atoms with Crippen LogP contribution in [0.4, 0.5) is 5.69 Å². The molecule has 4 aromatic rings. The molecule has 8 heteroatoms. The molecular weight excluding hydrogens is 444 g/mol. The third kappa shape index (κ3) is 4.89.